The van der Waals surface area contributed by atoms with Gasteiger partial charge in [0, 0.05) is 0 Å². The van der Waals surface area contributed by atoms with Crippen LogP contribution in [0.15, 0.2) is 12.4 Å². The van der Waals surface area contributed by atoms with Gasteiger partial charge in [0.25, 0.3) is 5.82 Å². The smallest absolute Gasteiger partial charge is 0.247 e. The highest BCUT2D eigenvalue weighted by Gasteiger charge is 2.25. The number of nitrogens with one attached hydrogen (secondary N) is 1. The summed E-state index contributed by atoms with van der Waals surface area (Å²) in [4.78, 5) is 3.70. The monoisotopic (exact) mass is 518 g/mol. The van der Waals surface area contributed by atoms with E-state index in [9.17, 15) is 0 Å². The lowest BCUT2D eigenvalue weighted by atomic mass is 9.92. The Balaban J connectivity index is 2.37. The molecule has 2 unspecified atom stereocenters. The summed E-state index contributed by atoms with van der Waals surface area (Å²) >= 11 is 0. The molecule has 0 saturated carbocycles. The minimum Gasteiger partial charge on any atom is -0.247 e. The molecule has 0 radical (unpaired) electrons. The maximum Gasteiger partial charge on any atom is 0.257 e. The zero-order chi connectivity index (χ0) is 26.8. The summed E-state index contributed by atoms with van der Waals surface area (Å²) in [5.74, 6) is 2.23. The molecule has 1 aromatic rings. The highest BCUT2D eigenvalue weighted by atomic mass is 15.1. The molecule has 0 aliphatic carbocycles. The summed E-state index contributed by atoms with van der Waals surface area (Å²) < 4.78 is 2.59. The number of H-pyrrole nitrogens is 1. The van der Waals surface area contributed by atoms with Gasteiger partial charge in [-0.15, -0.1) is 0 Å². The summed E-state index contributed by atoms with van der Waals surface area (Å²) in [6.07, 6.45) is 41.3. The quantitative estimate of drug-likeness (QED) is 0.0842. The second-order valence-electron chi connectivity index (χ2n) is 12.2. The molecule has 0 aliphatic heterocycles. The molecule has 0 spiro atoms. The van der Waals surface area contributed by atoms with E-state index in [2.05, 4.69) is 49.6 Å². The molecular weight excluding hydrogens is 448 g/mol. The third kappa shape index (κ3) is 18.2. The first-order chi connectivity index (χ1) is 18.2. The van der Waals surface area contributed by atoms with Crippen LogP contribution in [0, 0.1) is 0 Å². The van der Waals surface area contributed by atoms with Gasteiger partial charge in [0.1, 0.15) is 12.4 Å². The number of imidazole rings is 1. The number of nitrogens with zero attached hydrogens (tertiary/aromatic N) is 1. The molecule has 218 valence electrons. The summed E-state index contributed by atoms with van der Waals surface area (Å²) in [5.41, 5.74) is 0. The van der Waals surface area contributed by atoms with Crippen LogP contribution >= 0.6 is 0 Å². The van der Waals surface area contributed by atoms with Crippen molar-refractivity contribution in [1.29, 1.82) is 0 Å². The SMILES string of the molecule is CCCCCCCCCCCCCC(CCCCCCCCCCCC)c1[nH]cc[n+]1C(C)CCCC. The molecule has 0 aliphatic rings. The predicted octanol–water partition coefficient (Wildman–Crippen LogP) is 12.1. The first-order valence-electron chi connectivity index (χ1n) is 17.3. The largest absolute Gasteiger partial charge is 0.257 e. The Labute approximate surface area is 234 Å². The van der Waals surface area contributed by atoms with E-state index in [-0.39, 0.29) is 0 Å². The molecule has 0 aromatic carbocycles. The van der Waals surface area contributed by atoms with Crippen molar-refractivity contribution in [1.82, 2.24) is 4.98 Å². The number of unbranched alkanes of at least 4 members (excludes halogenated alkanes) is 20. The predicted molar refractivity (Wildman–Crippen MR) is 166 cm³/mol. The average molecular weight is 518 g/mol. The van der Waals surface area contributed by atoms with Crippen molar-refractivity contribution in [2.24, 2.45) is 0 Å². The number of hydrogen-bond donors (Lipinski definition) is 1. The molecule has 0 bridgehead atoms. The van der Waals surface area contributed by atoms with Gasteiger partial charge in [-0.25, -0.2) is 9.55 Å². The Morgan fingerprint density at radius 2 is 0.892 bits per heavy atom. The van der Waals surface area contributed by atoms with Crippen molar-refractivity contribution in [2.75, 3.05) is 0 Å². The van der Waals surface area contributed by atoms with Gasteiger partial charge in [0.15, 0.2) is 0 Å². The molecule has 2 heteroatoms. The van der Waals surface area contributed by atoms with Crippen LogP contribution < -0.4 is 4.57 Å². The Hall–Kier alpha value is -0.790. The van der Waals surface area contributed by atoms with Gasteiger partial charge in [-0.3, -0.25) is 0 Å². The van der Waals surface area contributed by atoms with Crippen LogP contribution in [-0.4, -0.2) is 4.98 Å². The molecule has 1 aromatic heterocycles. The Morgan fingerprint density at radius 3 is 1.30 bits per heavy atom. The van der Waals surface area contributed by atoms with Crippen molar-refractivity contribution in [3.05, 3.63) is 18.2 Å². The molecule has 1 rings (SSSR count). The van der Waals surface area contributed by atoms with Gasteiger partial charge < -0.3 is 0 Å². The first kappa shape index (κ1) is 34.2. The summed E-state index contributed by atoms with van der Waals surface area (Å²) in [6, 6.07) is 0.619. The van der Waals surface area contributed by atoms with E-state index < -0.39 is 0 Å². The van der Waals surface area contributed by atoms with Crippen molar-refractivity contribution < 1.29 is 4.57 Å². The lowest BCUT2D eigenvalue weighted by Gasteiger charge is -2.17. The molecule has 1 N–H and O–H groups in total. The fourth-order valence-corrected chi connectivity index (χ4v) is 6.06. The fourth-order valence-electron chi connectivity index (χ4n) is 6.06. The number of aromatic nitrogens is 2. The van der Waals surface area contributed by atoms with E-state index in [1.165, 1.54) is 173 Å². The Morgan fingerprint density at radius 1 is 0.514 bits per heavy atom. The lowest BCUT2D eigenvalue weighted by Crippen LogP contribution is -2.41. The maximum atomic E-state index is 3.70. The minimum absolute atomic E-state index is 0.619. The third-order valence-corrected chi connectivity index (χ3v) is 8.64. The molecule has 0 fully saturated rings. The van der Waals surface area contributed by atoms with Crippen LogP contribution in [0.1, 0.15) is 212 Å². The number of aromatic amines is 1. The number of rotatable bonds is 28. The van der Waals surface area contributed by atoms with Crippen LogP contribution in [0.2, 0.25) is 0 Å². The van der Waals surface area contributed by atoms with Crippen LogP contribution in [0.5, 0.6) is 0 Å². The summed E-state index contributed by atoms with van der Waals surface area (Å²) in [5, 5.41) is 0. The second kappa shape index (κ2) is 25.5. The Bertz CT molecular complexity index is 578. The van der Waals surface area contributed by atoms with Crippen molar-refractivity contribution in [3.63, 3.8) is 0 Å². The third-order valence-electron chi connectivity index (χ3n) is 8.64. The topological polar surface area (TPSA) is 19.7 Å². The van der Waals surface area contributed by atoms with E-state index in [1.807, 2.05) is 0 Å². The highest BCUT2D eigenvalue weighted by molar-refractivity contribution is 4.90. The zero-order valence-corrected chi connectivity index (χ0v) is 26.1. The maximum absolute atomic E-state index is 3.70. The number of hydrogen-bond acceptors (Lipinski definition) is 0. The molecule has 2 nitrogen and oxygen atoms in total. The lowest BCUT2D eigenvalue weighted by molar-refractivity contribution is -0.727. The van der Waals surface area contributed by atoms with Gasteiger partial charge in [0.05, 0.1) is 12.0 Å². The highest BCUT2D eigenvalue weighted by Crippen LogP contribution is 2.27. The van der Waals surface area contributed by atoms with Crippen molar-refractivity contribution in [3.8, 4) is 0 Å². The van der Waals surface area contributed by atoms with Gasteiger partial charge >= 0.3 is 0 Å². The van der Waals surface area contributed by atoms with Crippen LogP contribution in [0.3, 0.4) is 0 Å². The molecule has 37 heavy (non-hydrogen) atoms. The van der Waals surface area contributed by atoms with Crippen molar-refractivity contribution in [2.45, 2.75) is 207 Å². The molecule has 0 saturated heterocycles. The standard InChI is InChI=1S/C35H68N2/c1-5-8-11-13-15-17-19-21-23-25-27-30-34(29-26-24-22-20-18-16-14-12-9-6-2)35-36-31-32-37(35)33(4)28-10-7-3/h31-34H,5-30H2,1-4H3/p+1. The minimum atomic E-state index is 0.619. The fraction of sp³-hybridized carbons (Fsp3) is 0.914. The van der Waals surface area contributed by atoms with E-state index in [4.69, 9.17) is 0 Å². The Kier molecular flexibility index (Phi) is 23.6. The molecule has 1 heterocycles. The van der Waals surface area contributed by atoms with Gasteiger partial charge in [-0.05, 0) is 32.6 Å². The van der Waals surface area contributed by atoms with Crippen LogP contribution in [-0.2, 0) is 0 Å². The van der Waals surface area contributed by atoms with E-state index in [0.29, 0.717) is 12.0 Å². The molecule has 0 amide bonds. The van der Waals surface area contributed by atoms with Crippen LogP contribution in [0.25, 0.3) is 0 Å². The van der Waals surface area contributed by atoms with Crippen LogP contribution in [0.4, 0.5) is 0 Å². The van der Waals surface area contributed by atoms with E-state index in [0.717, 1.165) is 0 Å². The summed E-state index contributed by atoms with van der Waals surface area (Å²) in [6.45, 7) is 9.36. The average Bonchev–Trinajstić information content (AvgIpc) is 3.40. The summed E-state index contributed by atoms with van der Waals surface area (Å²) in [7, 11) is 0. The van der Waals surface area contributed by atoms with E-state index in [1.54, 1.807) is 0 Å². The zero-order valence-electron chi connectivity index (χ0n) is 26.1. The molecular formula is C35H69N2+. The first-order valence-corrected chi connectivity index (χ1v) is 17.3. The normalized spacial score (nSPS) is 13.3. The molecule has 2 atom stereocenters. The van der Waals surface area contributed by atoms with Crippen molar-refractivity contribution >= 4 is 0 Å². The second-order valence-corrected chi connectivity index (χ2v) is 12.2. The van der Waals surface area contributed by atoms with Gasteiger partial charge in [-0.1, -0.05) is 162 Å². The van der Waals surface area contributed by atoms with Gasteiger partial charge in [-0.2, -0.15) is 0 Å². The van der Waals surface area contributed by atoms with Gasteiger partial charge in [0.2, 0.25) is 0 Å². The van der Waals surface area contributed by atoms with E-state index >= 15 is 0 Å².